The number of carbonyl (C=O) groups excluding carboxylic acids is 1. The van der Waals surface area contributed by atoms with E-state index in [9.17, 15) is 15.0 Å². The van der Waals surface area contributed by atoms with Crippen molar-refractivity contribution in [3.8, 4) is 0 Å². The highest BCUT2D eigenvalue weighted by Gasteiger charge is 2.44. The molecule has 0 bridgehead atoms. The molecule has 2 heterocycles. The van der Waals surface area contributed by atoms with Crippen LogP contribution in [0.15, 0.2) is 5.38 Å². The van der Waals surface area contributed by atoms with Crippen molar-refractivity contribution in [2.75, 3.05) is 13.7 Å². The molecule has 0 amide bonds. The van der Waals surface area contributed by atoms with Crippen molar-refractivity contribution in [3.63, 3.8) is 0 Å². The van der Waals surface area contributed by atoms with Crippen LogP contribution in [0.4, 0.5) is 0 Å². The molecule has 18 heavy (non-hydrogen) atoms. The van der Waals surface area contributed by atoms with Gasteiger partial charge in [-0.2, -0.15) is 0 Å². The molecule has 0 unspecified atom stereocenters. The van der Waals surface area contributed by atoms with Crippen LogP contribution in [-0.4, -0.2) is 58.3 Å². The molecule has 1 aromatic heterocycles. The van der Waals surface area contributed by atoms with E-state index < -0.39 is 37.0 Å². The third-order valence-corrected chi connectivity index (χ3v) is 3.61. The van der Waals surface area contributed by atoms with Crippen molar-refractivity contribution in [2.45, 2.75) is 24.4 Å². The molecular weight excluding hydrogens is 262 g/mol. The molecule has 0 aliphatic carbocycles. The molecule has 8 heteroatoms. The number of hydrogen-bond donors (Lipinski definition) is 3. The van der Waals surface area contributed by atoms with Crippen LogP contribution in [0.5, 0.6) is 0 Å². The second-order valence-electron chi connectivity index (χ2n) is 3.82. The van der Waals surface area contributed by atoms with Crippen LogP contribution in [0.1, 0.15) is 21.6 Å². The number of methoxy groups -OCH3 is 1. The average Bonchev–Trinajstić information content (AvgIpc) is 2.96. The fraction of sp³-hybridized carbons (Fsp3) is 0.600. The summed E-state index contributed by atoms with van der Waals surface area (Å²) < 4.78 is 9.81. The van der Waals surface area contributed by atoms with E-state index >= 15 is 0 Å². The maximum Gasteiger partial charge on any atom is 0.357 e. The van der Waals surface area contributed by atoms with Crippen LogP contribution in [0.25, 0.3) is 0 Å². The molecule has 1 saturated heterocycles. The molecule has 4 atom stereocenters. The molecule has 0 aromatic carbocycles. The normalized spacial score (nSPS) is 31.6. The zero-order valence-corrected chi connectivity index (χ0v) is 10.3. The first-order valence-corrected chi connectivity index (χ1v) is 6.12. The Balaban J connectivity index is 2.17. The number of aromatic nitrogens is 1. The lowest BCUT2D eigenvalue weighted by atomic mass is 10.1. The Bertz CT molecular complexity index is 436. The SMILES string of the molecule is COC(=O)c1csc([C@@H]2O[C@@H](CO)[C@@H](O)[C@H]2O)n1. The lowest BCUT2D eigenvalue weighted by molar-refractivity contribution is -0.0228. The van der Waals surface area contributed by atoms with Gasteiger partial charge in [-0.05, 0) is 0 Å². The average molecular weight is 275 g/mol. The van der Waals surface area contributed by atoms with Crippen LogP contribution in [0, 0.1) is 0 Å². The number of rotatable bonds is 3. The molecule has 1 aromatic rings. The first kappa shape index (κ1) is 13.4. The highest BCUT2D eigenvalue weighted by atomic mass is 32.1. The Morgan fingerprint density at radius 2 is 2.28 bits per heavy atom. The van der Waals surface area contributed by atoms with Gasteiger partial charge in [0.25, 0.3) is 0 Å². The Kier molecular flexibility index (Phi) is 3.93. The Morgan fingerprint density at radius 1 is 1.56 bits per heavy atom. The van der Waals surface area contributed by atoms with E-state index in [2.05, 4.69) is 9.72 Å². The molecular formula is C10H13NO6S. The fourth-order valence-electron chi connectivity index (χ4n) is 1.72. The Hall–Kier alpha value is -1.06. The van der Waals surface area contributed by atoms with Crippen molar-refractivity contribution in [1.82, 2.24) is 4.98 Å². The number of thiazole rings is 1. The second kappa shape index (κ2) is 5.29. The highest BCUT2D eigenvalue weighted by molar-refractivity contribution is 7.09. The number of esters is 1. The van der Waals surface area contributed by atoms with Gasteiger partial charge in [0, 0.05) is 5.38 Å². The summed E-state index contributed by atoms with van der Waals surface area (Å²) in [5.41, 5.74) is 0.121. The monoisotopic (exact) mass is 275 g/mol. The summed E-state index contributed by atoms with van der Waals surface area (Å²) in [6, 6.07) is 0. The molecule has 0 radical (unpaired) electrons. The summed E-state index contributed by atoms with van der Waals surface area (Å²) in [5, 5.41) is 30.2. The van der Waals surface area contributed by atoms with Crippen molar-refractivity contribution < 1.29 is 29.6 Å². The lowest BCUT2D eigenvalue weighted by Gasteiger charge is -2.11. The number of nitrogens with zero attached hydrogens (tertiary/aromatic N) is 1. The minimum Gasteiger partial charge on any atom is -0.464 e. The van der Waals surface area contributed by atoms with Crippen LogP contribution in [0.3, 0.4) is 0 Å². The lowest BCUT2D eigenvalue weighted by Crippen LogP contribution is -2.32. The van der Waals surface area contributed by atoms with Gasteiger partial charge in [-0.3, -0.25) is 0 Å². The van der Waals surface area contributed by atoms with Gasteiger partial charge in [-0.25, -0.2) is 9.78 Å². The first-order chi connectivity index (χ1) is 8.58. The number of carbonyl (C=O) groups is 1. The van der Waals surface area contributed by atoms with Gasteiger partial charge in [0.1, 0.15) is 29.4 Å². The molecule has 0 saturated carbocycles. The number of hydrogen-bond acceptors (Lipinski definition) is 8. The third-order valence-electron chi connectivity index (χ3n) is 2.70. The minimum absolute atomic E-state index is 0.121. The maximum atomic E-state index is 11.2. The molecule has 3 N–H and O–H groups in total. The van der Waals surface area contributed by atoms with E-state index in [1.807, 2.05) is 0 Å². The van der Waals surface area contributed by atoms with Gasteiger partial charge in [0.15, 0.2) is 5.69 Å². The van der Waals surface area contributed by atoms with Crippen molar-refractivity contribution in [2.24, 2.45) is 0 Å². The van der Waals surface area contributed by atoms with Crippen molar-refractivity contribution in [1.29, 1.82) is 0 Å². The van der Waals surface area contributed by atoms with Gasteiger partial charge < -0.3 is 24.8 Å². The van der Waals surface area contributed by atoms with Crippen LogP contribution < -0.4 is 0 Å². The Labute approximate surface area is 107 Å². The predicted octanol–water partition coefficient (Wildman–Crippen LogP) is -0.916. The summed E-state index contributed by atoms with van der Waals surface area (Å²) in [4.78, 5) is 15.2. The standard InChI is InChI=1S/C10H13NO6S/c1-16-10(15)4-3-18-9(11-4)8-7(14)6(13)5(2-12)17-8/h3,5-8,12-14H,2H2,1H3/t5-,6+,7+,8+/m0/s1. The summed E-state index contributed by atoms with van der Waals surface area (Å²) in [7, 11) is 1.24. The maximum absolute atomic E-state index is 11.2. The van der Waals surface area contributed by atoms with Crippen LogP contribution in [-0.2, 0) is 9.47 Å². The van der Waals surface area contributed by atoms with E-state index in [1.165, 1.54) is 12.5 Å². The van der Waals surface area contributed by atoms with Gasteiger partial charge >= 0.3 is 5.97 Å². The number of aliphatic hydroxyl groups is 3. The molecule has 0 spiro atoms. The van der Waals surface area contributed by atoms with Crippen LogP contribution >= 0.6 is 11.3 Å². The zero-order chi connectivity index (χ0) is 13.3. The predicted molar refractivity (Wildman–Crippen MR) is 60.2 cm³/mol. The second-order valence-corrected chi connectivity index (χ2v) is 4.71. The smallest absolute Gasteiger partial charge is 0.357 e. The molecule has 7 nitrogen and oxygen atoms in total. The summed E-state index contributed by atoms with van der Waals surface area (Å²) in [6.45, 7) is -0.399. The van der Waals surface area contributed by atoms with Crippen molar-refractivity contribution >= 4 is 17.3 Å². The van der Waals surface area contributed by atoms with Gasteiger partial charge in [-0.1, -0.05) is 0 Å². The quantitative estimate of drug-likeness (QED) is 0.612. The molecule has 2 rings (SSSR count). The van der Waals surface area contributed by atoms with Crippen molar-refractivity contribution in [3.05, 3.63) is 16.1 Å². The van der Waals surface area contributed by atoms with E-state index in [0.717, 1.165) is 11.3 Å². The zero-order valence-electron chi connectivity index (χ0n) is 9.52. The van der Waals surface area contributed by atoms with Gasteiger partial charge in [0.05, 0.1) is 13.7 Å². The topological polar surface area (TPSA) is 109 Å². The fourth-order valence-corrected chi connectivity index (χ4v) is 2.58. The summed E-state index contributed by atoms with van der Waals surface area (Å²) in [5.74, 6) is -0.579. The number of aliphatic hydroxyl groups excluding tert-OH is 3. The Morgan fingerprint density at radius 3 is 2.83 bits per heavy atom. The van der Waals surface area contributed by atoms with E-state index in [1.54, 1.807) is 0 Å². The first-order valence-electron chi connectivity index (χ1n) is 5.24. The molecule has 100 valence electrons. The van der Waals surface area contributed by atoms with E-state index in [4.69, 9.17) is 9.84 Å². The summed E-state index contributed by atoms with van der Waals surface area (Å²) >= 11 is 1.12. The molecule has 1 aliphatic heterocycles. The minimum atomic E-state index is -1.18. The molecule has 1 aliphatic rings. The van der Waals surface area contributed by atoms with E-state index in [-0.39, 0.29) is 5.69 Å². The number of ether oxygens (including phenoxy) is 2. The van der Waals surface area contributed by atoms with E-state index in [0.29, 0.717) is 5.01 Å². The molecule has 1 fully saturated rings. The largest absolute Gasteiger partial charge is 0.464 e. The highest BCUT2D eigenvalue weighted by Crippen LogP contribution is 2.34. The summed E-state index contributed by atoms with van der Waals surface area (Å²) in [6.07, 6.45) is -4.06. The third kappa shape index (κ3) is 2.25. The van der Waals surface area contributed by atoms with Gasteiger partial charge in [-0.15, -0.1) is 11.3 Å². The van der Waals surface area contributed by atoms with Gasteiger partial charge in [0.2, 0.25) is 0 Å². The van der Waals surface area contributed by atoms with Crippen LogP contribution in [0.2, 0.25) is 0 Å².